The van der Waals surface area contributed by atoms with Crippen molar-refractivity contribution in [2.24, 2.45) is 5.92 Å². The molecule has 3 aliphatic rings. The van der Waals surface area contributed by atoms with Crippen LogP contribution in [0.5, 0.6) is 0 Å². The summed E-state index contributed by atoms with van der Waals surface area (Å²) in [5.41, 5.74) is 3.37. The van der Waals surface area contributed by atoms with Crippen LogP contribution in [-0.2, 0) is 17.9 Å². The number of hydrogen-bond donors (Lipinski definition) is 1. The van der Waals surface area contributed by atoms with Crippen LogP contribution in [0.4, 0.5) is 19.3 Å². The first-order valence-corrected chi connectivity index (χ1v) is 12.1. The number of halogens is 2. The van der Waals surface area contributed by atoms with Crippen LogP contribution in [0.25, 0.3) is 5.57 Å². The minimum atomic E-state index is -0.490. The Kier molecular flexibility index (Phi) is 6.35. The Labute approximate surface area is 198 Å². The van der Waals surface area contributed by atoms with E-state index < -0.39 is 17.7 Å². The third kappa shape index (κ3) is 4.69. The molecule has 0 atom stereocenters. The molecule has 2 aliphatic heterocycles. The topological polar surface area (TPSA) is 52.7 Å². The van der Waals surface area contributed by atoms with Crippen LogP contribution >= 0.6 is 0 Å². The number of carbonyl (C=O) groups excluding carboxylic acids is 2. The lowest BCUT2D eigenvalue weighted by Gasteiger charge is -2.28. The first-order chi connectivity index (χ1) is 16.5. The first kappa shape index (κ1) is 22.6. The molecule has 1 aliphatic carbocycles. The highest BCUT2D eigenvalue weighted by molar-refractivity contribution is 5.90. The number of hydrogen-bond acceptors (Lipinski definition) is 2. The highest BCUT2D eigenvalue weighted by atomic mass is 19.1. The Morgan fingerprint density at radius 3 is 2.15 bits per heavy atom. The third-order valence-corrected chi connectivity index (χ3v) is 7.31. The van der Waals surface area contributed by atoms with Crippen LogP contribution in [0.2, 0.25) is 0 Å². The van der Waals surface area contributed by atoms with Gasteiger partial charge in [-0.25, -0.2) is 13.6 Å². The van der Waals surface area contributed by atoms with Gasteiger partial charge < -0.3 is 15.1 Å². The number of amides is 3. The van der Waals surface area contributed by atoms with E-state index in [0.29, 0.717) is 24.6 Å². The zero-order valence-electron chi connectivity index (χ0n) is 19.2. The molecule has 178 valence electrons. The second-order valence-corrected chi connectivity index (χ2v) is 9.52. The van der Waals surface area contributed by atoms with E-state index in [1.807, 2.05) is 29.2 Å². The Morgan fingerprint density at radius 1 is 0.912 bits per heavy atom. The van der Waals surface area contributed by atoms with Gasteiger partial charge in [-0.1, -0.05) is 31.1 Å². The monoisotopic (exact) mass is 465 g/mol. The molecule has 5 nitrogen and oxygen atoms in total. The molecule has 3 amide bonds. The van der Waals surface area contributed by atoms with Crippen molar-refractivity contribution in [2.45, 2.75) is 51.6 Å². The van der Waals surface area contributed by atoms with Crippen molar-refractivity contribution in [3.8, 4) is 0 Å². The van der Waals surface area contributed by atoms with Gasteiger partial charge in [-0.3, -0.25) is 4.79 Å². The van der Waals surface area contributed by atoms with Crippen molar-refractivity contribution in [1.29, 1.82) is 0 Å². The largest absolute Gasteiger partial charge is 0.339 e. The fourth-order valence-corrected chi connectivity index (χ4v) is 5.28. The molecule has 2 aromatic carbocycles. The van der Waals surface area contributed by atoms with Crippen molar-refractivity contribution in [2.75, 3.05) is 18.4 Å². The molecule has 1 fully saturated rings. The lowest BCUT2D eigenvalue weighted by molar-refractivity contribution is -0.131. The highest BCUT2D eigenvalue weighted by Crippen LogP contribution is 2.30. The van der Waals surface area contributed by atoms with Crippen molar-refractivity contribution >= 4 is 23.2 Å². The number of rotatable bonds is 4. The summed E-state index contributed by atoms with van der Waals surface area (Å²) in [5.74, 6) is -0.149. The number of carbonyl (C=O) groups is 2. The molecule has 0 spiro atoms. The van der Waals surface area contributed by atoms with Crippen LogP contribution in [0, 0.1) is 17.6 Å². The number of benzene rings is 2. The minimum absolute atomic E-state index is 0.0473. The van der Waals surface area contributed by atoms with Gasteiger partial charge in [0, 0.05) is 36.3 Å². The maximum atomic E-state index is 14.0. The third-order valence-electron chi connectivity index (χ3n) is 7.31. The molecular weight excluding hydrogens is 436 g/mol. The summed E-state index contributed by atoms with van der Waals surface area (Å²) in [7, 11) is 0. The average Bonchev–Trinajstić information content (AvgIpc) is 3.53. The lowest BCUT2D eigenvalue weighted by Crippen LogP contribution is -2.35. The molecule has 5 rings (SSSR count). The number of urea groups is 1. The first-order valence-electron chi connectivity index (χ1n) is 12.1. The zero-order chi connectivity index (χ0) is 23.7. The summed E-state index contributed by atoms with van der Waals surface area (Å²) >= 11 is 0. The molecule has 1 saturated carbocycles. The summed E-state index contributed by atoms with van der Waals surface area (Å²) in [5, 5.41) is 2.81. The molecular formula is C27H29F2N3O2. The van der Waals surface area contributed by atoms with E-state index in [1.54, 1.807) is 0 Å². The number of anilines is 1. The molecule has 0 saturated heterocycles. The molecule has 34 heavy (non-hydrogen) atoms. The second-order valence-electron chi connectivity index (χ2n) is 9.52. The normalized spacial score (nSPS) is 18.1. The molecule has 2 aromatic rings. The molecule has 0 bridgehead atoms. The predicted molar refractivity (Wildman–Crippen MR) is 127 cm³/mol. The molecule has 0 unspecified atom stereocenters. The highest BCUT2D eigenvalue weighted by Gasteiger charge is 2.28. The van der Waals surface area contributed by atoms with E-state index in [4.69, 9.17) is 0 Å². The molecule has 0 aromatic heterocycles. The van der Waals surface area contributed by atoms with Crippen LogP contribution in [0.3, 0.4) is 0 Å². The van der Waals surface area contributed by atoms with E-state index in [0.717, 1.165) is 30.7 Å². The van der Waals surface area contributed by atoms with Gasteiger partial charge >= 0.3 is 6.03 Å². The van der Waals surface area contributed by atoms with Gasteiger partial charge in [0.15, 0.2) is 0 Å². The van der Waals surface area contributed by atoms with Gasteiger partial charge in [-0.15, -0.1) is 0 Å². The maximum absolute atomic E-state index is 14.0. The van der Waals surface area contributed by atoms with E-state index >= 15 is 0 Å². The summed E-state index contributed by atoms with van der Waals surface area (Å²) in [4.78, 5) is 28.6. The fraction of sp³-hybridized carbons (Fsp3) is 0.407. The Balaban J connectivity index is 1.16. The van der Waals surface area contributed by atoms with E-state index in [-0.39, 0.29) is 30.1 Å². The zero-order valence-corrected chi connectivity index (χ0v) is 19.2. The van der Waals surface area contributed by atoms with Gasteiger partial charge in [-0.05, 0) is 60.6 Å². The van der Waals surface area contributed by atoms with Gasteiger partial charge in [0.25, 0.3) is 0 Å². The van der Waals surface area contributed by atoms with E-state index in [9.17, 15) is 18.4 Å². The van der Waals surface area contributed by atoms with Crippen LogP contribution in [-0.4, -0.2) is 34.8 Å². The summed E-state index contributed by atoms with van der Waals surface area (Å²) in [6, 6.07) is 9.37. The molecule has 1 N–H and O–H groups in total. The smallest absolute Gasteiger partial charge is 0.322 e. The van der Waals surface area contributed by atoms with Crippen molar-refractivity contribution < 1.29 is 18.4 Å². The quantitative estimate of drug-likeness (QED) is 0.629. The van der Waals surface area contributed by atoms with Gasteiger partial charge in [0.05, 0.1) is 13.1 Å². The Morgan fingerprint density at radius 2 is 1.56 bits per heavy atom. The van der Waals surface area contributed by atoms with Gasteiger partial charge in [0.1, 0.15) is 11.6 Å². The van der Waals surface area contributed by atoms with Gasteiger partial charge in [0.2, 0.25) is 5.91 Å². The van der Waals surface area contributed by atoms with Crippen molar-refractivity contribution in [3.05, 3.63) is 70.8 Å². The summed E-state index contributed by atoms with van der Waals surface area (Å²) in [6.45, 7) is 1.47. The van der Waals surface area contributed by atoms with E-state index in [2.05, 4.69) is 11.4 Å². The average molecular weight is 466 g/mol. The summed E-state index contributed by atoms with van der Waals surface area (Å²) < 4.78 is 27.9. The SMILES string of the molecule is O=C(CC1CCCC1)N1CC=C(c2ccc(NC(=O)N3Cc4c(F)ccc(F)c4C3)cc2)CC1. The van der Waals surface area contributed by atoms with Crippen LogP contribution in [0.15, 0.2) is 42.5 Å². The Bertz CT molecular complexity index is 1090. The molecule has 0 radical (unpaired) electrons. The standard InChI is InChI=1S/C27H29F2N3O2/c28-24-9-10-25(29)23-17-32(16-22(23)24)27(34)30-21-7-5-19(6-8-21)20-11-13-31(14-12-20)26(33)15-18-3-1-2-4-18/h5-11,18H,1-4,12-17H2,(H,30,34). The number of nitrogens with one attached hydrogen (secondary N) is 1. The maximum Gasteiger partial charge on any atom is 0.322 e. The van der Waals surface area contributed by atoms with Gasteiger partial charge in [-0.2, -0.15) is 0 Å². The molecule has 2 heterocycles. The minimum Gasteiger partial charge on any atom is -0.339 e. The van der Waals surface area contributed by atoms with E-state index in [1.165, 1.54) is 36.2 Å². The van der Waals surface area contributed by atoms with Crippen molar-refractivity contribution in [3.63, 3.8) is 0 Å². The number of fused-ring (bicyclic) bond motifs is 1. The van der Waals surface area contributed by atoms with Crippen LogP contribution in [0.1, 0.15) is 55.2 Å². The Hall–Kier alpha value is -3.22. The lowest BCUT2D eigenvalue weighted by atomic mass is 9.98. The van der Waals surface area contributed by atoms with Crippen molar-refractivity contribution in [1.82, 2.24) is 9.80 Å². The number of nitrogens with zero attached hydrogens (tertiary/aromatic N) is 2. The van der Waals surface area contributed by atoms with Crippen LogP contribution < -0.4 is 5.32 Å². The molecule has 7 heteroatoms. The fourth-order valence-electron chi connectivity index (χ4n) is 5.28. The predicted octanol–water partition coefficient (Wildman–Crippen LogP) is 5.71. The summed E-state index contributed by atoms with van der Waals surface area (Å²) in [6.07, 6.45) is 8.48. The second kappa shape index (κ2) is 9.57.